The Hall–Kier alpha value is -4.11. The van der Waals surface area contributed by atoms with Gasteiger partial charge in [0.05, 0.1) is 18.9 Å². The second-order valence-corrected chi connectivity index (χ2v) is 12.1. The van der Waals surface area contributed by atoms with Gasteiger partial charge in [-0.25, -0.2) is 36.0 Å². The highest BCUT2D eigenvalue weighted by Crippen LogP contribution is 2.66. The third-order valence-electron chi connectivity index (χ3n) is 8.88. The van der Waals surface area contributed by atoms with Crippen LogP contribution in [0, 0.1) is 52.7 Å². The monoisotopic (exact) mass is 676 g/mol. The number of carbonyl (C=O) groups is 5. The van der Waals surface area contributed by atoms with Gasteiger partial charge >= 0.3 is 6.09 Å². The summed E-state index contributed by atoms with van der Waals surface area (Å²) < 4.78 is 91.5. The first-order chi connectivity index (χ1) is 21.0. The Kier molecular flexibility index (Phi) is 6.83. The number of rotatable bonds is 2. The predicted octanol–water partition coefficient (Wildman–Crippen LogP) is 4.56. The van der Waals surface area contributed by atoms with Crippen LogP contribution in [0.1, 0.15) is 24.3 Å². The zero-order chi connectivity index (χ0) is 33.1. The zero-order valence-corrected chi connectivity index (χ0v) is 23.9. The van der Waals surface area contributed by atoms with Crippen LogP contribution in [0.25, 0.3) is 0 Å². The number of methoxy groups -OCH3 is 1. The van der Waals surface area contributed by atoms with Crippen molar-refractivity contribution in [1.29, 1.82) is 0 Å². The van der Waals surface area contributed by atoms with E-state index in [0.717, 1.165) is 19.2 Å². The average Bonchev–Trinajstić information content (AvgIpc) is 3.34. The van der Waals surface area contributed by atoms with Gasteiger partial charge in [-0.05, 0) is 36.5 Å². The van der Waals surface area contributed by atoms with Crippen molar-refractivity contribution in [2.24, 2.45) is 17.8 Å². The van der Waals surface area contributed by atoms with Crippen molar-refractivity contribution in [1.82, 2.24) is 4.90 Å². The highest BCUT2D eigenvalue weighted by molar-refractivity contribution is 6.58. The van der Waals surface area contributed by atoms with Crippen molar-refractivity contribution >= 4 is 58.6 Å². The molecular formula is C28H16Cl2F6N2O7. The molecule has 6 rings (SSSR count). The standard InChI is InChI=1S/C28H16Cl2F6N2O7/c1-45-26(44)38-22(40)10-4-3-9-11(14(10)23(38)41)7-27(29)24(42)37(21-19(35)17(33)16(32)18(34)20(21)36)25(43)28(27,30)15(9)8-2-5-13(39)12(31)6-8/h2-3,5-6,10-11,14-15,39H,4,7H2,1H3. The molecule has 2 aliphatic carbocycles. The van der Waals surface area contributed by atoms with Crippen molar-refractivity contribution in [2.75, 3.05) is 12.0 Å². The van der Waals surface area contributed by atoms with Crippen molar-refractivity contribution in [3.05, 3.63) is 70.3 Å². The van der Waals surface area contributed by atoms with Crippen LogP contribution in [0.15, 0.2) is 29.8 Å². The van der Waals surface area contributed by atoms with E-state index in [-0.39, 0.29) is 27.4 Å². The molecule has 2 aliphatic heterocycles. The Morgan fingerprint density at radius 2 is 1.51 bits per heavy atom. The molecule has 0 radical (unpaired) electrons. The number of nitrogens with zero attached hydrogens (tertiary/aromatic N) is 2. The zero-order valence-electron chi connectivity index (χ0n) is 22.3. The van der Waals surface area contributed by atoms with Crippen LogP contribution in [-0.2, 0) is 23.9 Å². The summed E-state index contributed by atoms with van der Waals surface area (Å²) in [5.74, 6) is -26.0. The molecule has 3 fully saturated rings. The van der Waals surface area contributed by atoms with Gasteiger partial charge in [0.2, 0.25) is 17.6 Å². The van der Waals surface area contributed by atoms with Gasteiger partial charge in [0.15, 0.2) is 44.6 Å². The van der Waals surface area contributed by atoms with Crippen LogP contribution < -0.4 is 4.90 Å². The van der Waals surface area contributed by atoms with Gasteiger partial charge in [0, 0.05) is 5.92 Å². The maximum atomic E-state index is 15.0. The van der Waals surface area contributed by atoms with Gasteiger partial charge in [-0.15, -0.1) is 23.2 Å². The number of halogens is 8. The molecule has 5 amide bonds. The van der Waals surface area contributed by atoms with Crippen LogP contribution in [0.5, 0.6) is 5.75 Å². The molecule has 2 saturated heterocycles. The average molecular weight is 677 g/mol. The number of alkyl halides is 2. The van der Waals surface area contributed by atoms with Gasteiger partial charge in [0.25, 0.3) is 11.8 Å². The van der Waals surface area contributed by atoms with E-state index in [1.165, 1.54) is 6.08 Å². The third-order valence-corrected chi connectivity index (χ3v) is 10.3. The predicted molar refractivity (Wildman–Crippen MR) is 139 cm³/mol. The Morgan fingerprint density at radius 1 is 0.911 bits per heavy atom. The fraction of sp³-hybridized carbons (Fsp3) is 0.321. The molecule has 0 aromatic heterocycles. The molecule has 2 aromatic carbocycles. The lowest BCUT2D eigenvalue weighted by Crippen LogP contribution is -2.60. The van der Waals surface area contributed by atoms with Crippen molar-refractivity contribution in [3.8, 4) is 5.75 Å². The van der Waals surface area contributed by atoms with Crippen molar-refractivity contribution < 1.29 is 60.2 Å². The molecule has 17 heteroatoms. The molecule has 1 saturated carbocycles. The Balaban J connectivity index is 1.60. The Labute approximate surface area is 257 Å². The number of carbonyl (C=O) groups excluding carboxylic acids is 5. The van der Waals surface area contributed by atoms with Crippen LogP contribution in [0.3, 0.4) is 0 Å². The normalized spacial score (nSPS) is 30.7. The lowest BCUT2D eigenvalue weighted by atomic mass is 9.56. The first-order valence-electron chi connectivity index (χ1n) is 13.0. The van der Waals surface area contributed by atoms with E-state index < -0.39 is 116 Å². The molecule has 9 nitrogen and oxygen atoms in total. The Morgan fingerprint density at radius 3 is 2.09 bits per heavy atom. The first-order valence-corrected chi connectivity index (χ1v) is 13.7. The van der Waals surface area contributed by atoms with Gasteiger partial charge in [-0.1, -0.05) is 17.7 Å². The smallest absolute Gasteiger partial charge is 0.423 e. The van der Waals surface area contributed by atoms with E-state index in [1.807, 2.05) is 0 Å². The summed E-state index contributed by atoms with van der Waals surface area (Å²) in [7, 11) is 0.914. The number of phenolic OH excluding ortho intramolecular Hbond substituents is 1. The second kappa shape index (κ2) is 9.94. The second-order valence-electron chi connectivity index (χ2n) is 10.9. The number of hydrogen-bond acceptors (Lipinski definition) is 7. The highest BCUT2D eigenvalue weighted by atomic mass is 35.5. The fourth-order valence-corrected chi connectivity index (χ4v) is 7.85. The molecule has 2 heterocycles. The molecule has 236 valence electrons. The van der Waals surface area contributed by atoms with E-state index in [9.17, 15) is 55.4 Å². The summed E-state index contributed by atoms with van der Waals surface area (Å²) in [4.78, 5) is 61.1. The third kappa shape index (κ3) is 3.73. The maximum absolute atomic E-state index is 15.0. The number of hydrogen-bond donors (Lipinski definition) is 1. The number of phenols is 1. The number of aromatic hydroxyl groups is 1. The summed E-state index contributed by atoms with van der Waals surface area (Å²) >= 11 is 13.8. The summed E-state index contributed by atoms with van der Waals surface area (Å²) in [6.07, 6.45) is -1.01. The topological polar surface area (TPSA) is 121 Å². The molecule has 0 spiro atoms. The molecule has 6 unspecified atom stereocenters. The van der Waals surface area contributed by atoms with Crippen LogP contribution in [-0.4, -0.2) is 56.6 Å². The molecule has 6 atom stereocenters. The molecule has 2 aromatic rings. The van der Waals surface area contributed by atoms with Crippen LogP contribution in [0.4, 0.5) is 36.8 Å². The molecule has 4 aliphatic rings. The highest BCUT2D eigenvalue weighted by Gasteiger charge is 2.77. The van der Waals surface area contributed by atoms with Crippen LogP contribution in [0.2, 0.25) is 0 Å². The minimum absolute atomic E-state index is 0.0286. The minimum Gasteiger partial charge on any atom is -0.505 e. The number of fused-ring (bicyclic) bond motifs is 4. The van der Waals surface area contributed by atoms with E-state index in [2.05, 4.69) is 4.74 Å². The molecular weight excluding hydrogens is 661 g/mol. The van der Waals surface area contributed by atoms with Gasteiger partial charge in [0.1, 0.15) is 5.69 Å². The van der Waals surface area contributed by atoms with E-state index in [0.29, 0.717) is 6.07 Å². The van der Waals surface area contributed by atoms with E-state index in [4.69, 9.17) is 23.2 Å². The largest absolute Gasteiger partial charge is 0.505 e. The van der Waals surface area contributed by atoms with Crippen molar-refractivity contribution in [2.45, 2.75) is 28.5 Å². The maximum Gasteiger partial charge on any atom is 0.423 e. The number of anilines is 1. The van der Waals surface area contributed by atoms with Crippen LogP contribution >= 0.6 is 23.2 Å². The van der Waals surface area contributed by atoms with E-state index in [1.54, 1.807) is 0 Å². The number of ether oxygens (including phenoxy) is 1. The number of benzene rings is 2. The van der Waals surface area contributed by atoms with E-state index >= 15 is 0 Å². The summed E-state index contributed by atoms with van der Waals surface area (Å²) in [5.41, 5.74) is -2.19. The van der Waals surface area contributed by atoms with Gasteiger partial charge in [-0.3, -0.25) is 19.2 Å². The summed E-state index contributed by atoms with van der Waals surface area (Å²) in [6.45, 7) is 0. The summed E-state index contributed by atoms with van der Waals surface area (Å²) in [6, 6.07) is 2.63. The number of amides is 5. The van der Waals surface area contributed by atoms with Gasteiger partial charge < -0.3 is 9.84 Å². The molecule has 0 bridgehead atoms. The molecule has 45 heavy (non-hydrogen) atoms. The fourth-order valence-electron chi connectivity index (χ4n) is 6.91. The molecule has 1 N–H and O–H groups in total. The number of likely N-dealkylation sites (tertiary alicyclic amines) is 1. The van der Waals surface area contributed by atoms with Gasteiger partial charge in [-0.2, -0.15) is 4.90 Å². The minimum atomic E-state index is -2.86. The summed E-state index contributed by atoms with van der Waals surface area (Å²) in [5, 5.41) is 9.79. The quantitative estimate of drug-likeness (QED) is 0.124. The Bertz CT molecular complexity index is 1790. The number of imide groups is 4. The lowest BCUT2D eigenvalue weighted by molar-refractivity contribution is -0.138. The lowest BCUT2D eigenvalue weighted by Gasteiger charge is -2.50. The number of allylic oxidation sites excluding steroid dienone is 2. The first kappa shape index (κ1) is 30.9. The SMILES string of the molecule is COC(=O)N1C(=O)C2CC=C3C(CC4(Cl)C(=O)N(c5c(F)c(F)c(F)c(F)c5F)C(=O)C4(Cl)C3c3ccc(O)c(F)c3)C2C1=O. The van der Waals surface area contributed by atoms with Crippen molar-refractivity contribution in [3.63, 3.8) is 0 Å².